The Kier molecular flexibility index (Phi) is 7.69. The van der Waals surface area contributed by atoms with E-state index in [4.69, 9.17) is 9.84 Å². The Labute approximate surface area is 184 Å². The van der Waals surface area contributed by atoms with Crippen LogP contribution in [0.4, 0.5) is 4.39 Å². The second-order valence-corrected chi connectivity index (χ2v) is 7.17. The van der Waals surface area contributed by atoms with E-state index in [0.717, 1.165) is 11.1 Å². The number of esters is 1. The molecule has 0 atom stereocenters. The highest BCUT2D eigenvalue weighted by Crippen LogP contribution is 2.32. The van der Waals surface area contributed by atoms with Crippen molar-refractivity contribution >= 4 is 22.8 Å². The molecule has 0 unspecified atom stereocenters. The molecule has 8 nitrogen and oxygen atoms in total. The molecular formula is C23H24FN3O5. The molecule has 0 radical (unpaired) electrons. The number of nitrogens with zero attached hydrogens (tertiary/aromatic N) is 1. The molecule has 0 spiro atoms. The summed E-state index contributed by atoms with van der Waals surface area (Å²) in [6, 6.07) is 8.99. The molecule has 32 heavy (non-hydrogen) atoms. The summed E-state index contributed by atoms with van der Waals surface area (Å²) >= 11 is 0. The lowest BCUT2D eigenvalue weighted by Crippen LogP contribution is -2.38. The zero-order valence-electron chi connectivity index (χ0n) is 17.5. The molecule has 0 aliphatic carbocycles. The minimum absolute atomic E-state index is 0.0587. The van der Waals surface area contributed by atoms with Crippen LogP contribution >= 0.6 is 0 Å². The van der Waals surface area contributed by atoms with Crippen molar-refractivity contribution < 1.29 is 28.9 Å². The summed E-state index contributed by atoms with van der Waals surface area (Å²) in [5.74, 6) is -2.04. The molecule has 168 valence electrons. The summed E-state index contributed by atoms with van der Waals surface area (Å²) in [6.45, 7) is 0.503. The number of nitrogens with one attached hydrogen (secondary N) is 2. The number of carbonyl (C=O) groups excluding carboxylic acids is 2. The lowest BCUT2D eigenvalue weighted by atomic mass is 9.99. The topological polar surface area (TPSA) is 121 Å². The summed E-state index contributed by atoms with van der Waals surface area (Å²) in [4.78, 5) is 29.2. The molecule has 0 saturated heterocycles. The maximum Gasteiger partial charge on any atom is 0.341 e. The Hall–Kier alpha value is -3.56. The SMILES string of the molecule is COC(=O)c1cc(C(=O)NNCCCCO)c2cc(Cc3ccc(F)cc3)cnc2c1O. The fraction of sp³-hybridized carbons (Fsp3) is 0.261. The van der Waals surface area contributed by atoms with Gasteiger partial charge in [-0.1, -0.05) is 12.1 Å². The van der Waals surface area contributed by atoms with Crippen LogP contribution in [-0.4, -0.2) is 47.3 Å². The number of unbranched alkanes of at least 4 members (excludes halogenated alkanes) is 1. The average molecular weight is 441 g/mol. The number of aromatic nitrogens is 1. The van der Waals surface area contributed by atoms with Crippen LogP contribution in [0, 0.1) is 5.82 Å². The van der Waals surface area contributed by atoms with Crippen molar-refractivity contribution in [2.45, 2.75) is 19.3 Å². The van der Waals surface area contributed by atoms with Crippen LogP contribution in [0.25, 0.3) is 10.9 Å². The lowest BCUT2D eigenvalue weighted by molar-refractivity contribution is 0.0597. The van der Waals surface area contributed by atoms with Crippen LogP contribution in [-0.2, 0) is 11.2 Å². The van der Waals surface area contributed by atoms with Gasteiger partial charge in [0.25, 0.3) is 5.91 Å². The first-order chi connectivity index (χ1) is 15.4. The Balaban J connectivity index is 1.98. The van der Waals surface area contributed by atoms with Crippen LogP contribution in [0.1, 0.15) is 44.7 Å². The van der Waals surface area contributed by atoms with Gasteiger partial charge in [0, 0.05) is 24.7 Å². The van der Waals surface area contributed by atoms with E-state index in [2.05, 4.69) is 15.8 Å². The third-order valence-electron chi connectivity index (χ3n) is 4.89. The third kappa shape index (κ3) is 5.37. The predicted molar refractivity (Wildman–Crippen MR) is 116 cm³/mol. The average Bonchev–Trinajstić information content (AvgIpc) is 2.80. The molecule has 3 rings (SSSR count). The molecule has 1 amide bonds. The van der Waals surface area contributed by atoms with Gasteiger partial charge in [-0.2, -0.15) is 0 Å². The number of methoxy groups -OCH3 is 1. The highest BCUT2D eigenvalue weighted by molar-refractivity contribution is 6.11. The van der Waals surface area contributed by atoms with Crippen molar-refractivity contribution in [1.82, 2.24) is 15.8 Å². The van der Waals surface area contributed by atoms with Gasteiger partial charge in [-0.25, -0.2) is 14.6 Å². The largest absolute Gasteiger partial charge is 0.505 e. The van der Waals surface area contributed by atoms with Crippen molar-refractivity contribution in [1.29, 1.82) is 0 Å². The normalized spacial score (nSPS) is 10.8. The number of pyridine rings is 1. The first-order valence-electron chi connectivity index (χ1n) is 10.1. The summed E-state index contributed by atoms with van der Waals surface area (Å²) in [6.07, 6.45) is 3.21. The van der Waals surface area contributed by atoms with Crippen LogP contribution in [0.2, 0.25) is 0 Å². The number of hydrazine groups is 1. The highest BCUT2D eigenvalue weighted by atomic mass is 19.1. The van der Waals surface area contributed by atoms with Gasteiger partial charge in [-0.3, -0.25) is 15.2 Å². The van der Waals surface area contributed by atoms with Gasteiger partial charge in [0.05, 0.1) is 12.7 Å². The number of halogens is 1. The monoisotopic (exact) mass is 441 g/mol. The fourth-order valence-electron chi connectivity index (χ4n) is 3.24. The van der Waals surface area contributed by atoms with E-state index in [0.29, 0.717) is 31.2 Å². The molecule has 0 bridgehead atoms. The van der Waals surface area contributed by atoms with Crippen LogP contribution in [0.3, 0.4) is 0 Å². The number of rotatable bonds is 9. The standard InChI is InChI=1S/C23H24FN3O5/c1-32-23(31)19-12-18(22(30)27-26-8-2-3-9-28)17-11-15(13-25-20(17)21(19)29)10-14-4-6-16(24)7-5-14/h4-7,11-13,26,28-29H,2-3,8-10H2,1H3,(H,27,30). The molecule has 9 heteroatoms. The summed E-state index contributed by atoms with van der Waals surface area (Å²) < 4.78 is 17.9. The zero-order chi connectivity index (χ0) is 23.1. The van der Waals surface area contributed by atoms with E-state index in [1.54, 1.807) is 18.2 Å². The third-order valence-corrected chi connectivity index (χ3v) is 4.89. The number of hydrogen-bond donors (Lipinski definition) is 4. The molecule has 4 N–H and O–H groups in total. The predicted octanol–water partition coefficient (Wildman–Crippen LogP) is 2.46. The quantitative estimate of drug-likeness (QED) is 0.229. The van der Waals surface area contributed by atoms with Crippen molar-refractivity contribution in [2.24, 2.45) is 0 Å². The van der Waals surface area contributed by atoms with Crippen LogP contribution < -0.4 is 10.9 Å². The van der Waals surface area contributed by atoms with E-state index in [9.17, 15) is 19.1 Å². The minimum atomic E-state index is -0.799. The van der Waals surface area contributed by atoms with E-state index in [1.807, 2.05) is 0 Å². The molecule has 0 aliphatic heterocycles. The Morgan fingerprint density at radius 2 is 1.84 bits per heavy atom. The summed E-state index contributed by atoms with van der Waals surface area (Å²) in [7, 11) is 1.17. The maximum absolute atomic E-state index is 13.2. The number of ether oxygens (including phenoxy) is 1. The number of fused-ring (bicyclic) bond motifs is 1. The van der Waals surface area contributed by atoms with Crippen LogP contribution in [0.5, 0.6) is 5.75 Å². The van der Waals surface area contributed by atoms with Crippen molar-refractivity contribution in [3.63, 3.8) is 0 Å². The first kappa shape index (κ1) is 23.1. The fourth-order valence-corrected chi connectivity index (χ4v) is 3.24. The molecule has 2 aromatic carbocycles. The maximum atomic E-state index is 13.2. The highest BCUT2D eigenvalue weighted by Gasteiger charge is 2.22. The number of benzene rings is 2. The van der Waals surface area contributed by atoms with E-state index >= 15 is 0 Å². The van der Waals surface area contributed by atoms with Gasteiger partial charge in [-0.05, 0) is 54.7 Å². The Bertz CT molecular complexity index is 1120. The van der Waals surface area contributed by atoms with Gasteiger partial charge < -0.3 is 14.9 Å². The van der Waals surface area contributed by atoms with E-state index in [1.165, 1.54) is 31.5 Å². The number of phenols is 1. The Morgan fingerprint density at radius 1 is 1.09 bits per heavy atom. The second kappa shape index (κ2) is 10.7. The lowest BCUT2D eigenvalue weighted by Gasteiger charge is -2.13. The second-order valence-electron chi connectivity index (χ2n) is 7.17. The number of carbonyl (C=O) groups is 2. The summed E-state index contributed by atoms with van der Waals surface area (Å²) in [5, 5.41) is 19.8. The Morgan fingerprint density at radius 3 is 2.53 bits per heavy atom. The zero-order valence-corrected chi connectivity index (χ0v) is 17.5. The molecule has 0 saturated carbocycles. The molecule has 3 aromatic rings. The van der Waals surface area contributed by atoms with E-state index < -0.39 is 11.9 Å². The van der Waals surface area contributed by atoms with Gasteiger partial charge in [-0.15, -0.1) is 0 Å². The smallest absolute Gasteiger partial charge is 0.341 e. The number of aromatic hydroxyl groups is 1. The van der Waals surface area contributed by atoms with Gasteiger partial charge in [0.1, 0.15) is 16.9 Å². The number of hydrogen-bond acceptors (Lipinski definition) is 7. The molecule has 1 aromatic heterocycles. The van der Waals surface area contributed by atoms with Gasteiger partial charge in [0.15, 0.2) is 5.75 Å². The molecule has 1 heterocycles. The molecule has 0 fully saturated rings. The number of aliphatic hydroxyl groups excluding tert-OH is 1. The minimum Gasteiger partial charge on any atom is -0.505 e. The van der Waals surface area contributed by atoms with Crippen molar-refractivity contribution in [3.8, 4) is 5.75 Å². The number of phenolic OH excluding ortho intramolecular Hbond substituents is 1. The first-order valence-corrected chi connectivity index (χ1v) is 10.1. The number of aliphatic hydroxyl groups is 1. The van der Waals surface area contributed by atoms with Crippen molar-refractivity contribution in [2.75, 3.05) is 20.3 Å². The van der Waals surface area contributed by atoms with Gasteiger partial charge >= 0.3 is 5.97 Å². The van der Waals surface area contributed by atoms with E-state index in [-0.39, 0.29) is 34.8 Å². The van der Waals surface area contributed by atoms with Crippen LogP contribution in [0.15, 0.2) is 42.6 Å². The van der Waals surface area contributed by atoms with Gasteiger partial charge in [0.2, 0.25) is 0 Å². The number of amides is 1. The molecular weight excluding hydrogens is 417 g/mol. The molecule has 0 aliphatic rings. The van der Waals surface area contributed by atoms with Crippen molar-refractivity contribution in [3.05, 3.63) is 70.7 Å². The summed E-state index contributed by atoms with van der Waals surface area (Å²) in [5.41, 5.74) is 6.95.